The minimum atomic E-state index is -0.781. The normalized spacial score (nSPS) is 21.6. The molecule has 1 aliphatic rings. The average molecular weight is 383 g/mol. The molecule has 154 valence electrons. The Hall–Kier alpha value is -1.76. The molecule has 0 saturated carbocycles. The molecule has 0 spiro atoms. The molecule has 0 aromatic rings. The Balaban J connectivity index is 2.64. The van der Waals surface area contributed by atoms with Crippen LogP contribution in [0.15, 0.2) is 0 Å². The highest BCUT2D eigenvalue weighted by Crippen LogP contribution is 2.22. The standard InChI is InChI=1S/C20H34N2O5/c1-6-15(13(3)23)8-9-17(25)10-16(7-2)20(27)21(5)18-11-22(14(4)24)12-19(18)26/h15-16,18-19,26H,6-12H2,1-5H3/t15?,16-,18-,19-/m0/s1. The third-order valence-electron chi connectivity index (χ3n) is 5.70. The van der Waals surface area contributed by atoms with Crippen LogP contribution in [0.4, 0.5) is 0 Å². The van der Waals surface area contributed by atoms with Crippen molar-refractivity contribution in [2.45, 2.75) is 71.9 Å². The molecule has 0 aromatic carbocycles. The molecule has 1 fully saturated rings. The van der Waals surface area contributed by atoms with Gasteiger partial charge in [0.15, 0.2) is 0 Å². The lowest BCUT2D eigenvalue weighted by atomic mass is 9.91. The fraction of sp³-hybridized carbons (Fsp3) is 0.800. The number of rotatable bonds is 10. The summed E-state index contributed by atoms with van der Waals surface area (Å²) in [6.45, 7) is 7.30. The molecule has 1 unspecified atom stereocenters. The molecule has 27 heavy (non-hydrogen) atoms. The lowest BCUT2D eigenvalue weighted by Crippen LogP contribution is -2.47. The third-order valence-corrected chi connectivity index (χ3v) is 5.70. The molecule has 0 aliphatic carbocycles. The lowest BCUT2D eigenvalue weighted by Gasteiger charge is -2.29. The van der Waals surface area contributed by atoms with Crippen molar-refractivity contribution in [2.24, 2.45) is 11.8 Å². The second kappa shape index (κ2) is 10.5. The van der Waals surface area contributed by atoms with E-state index in [1.807, 2.05) is 13.8 Å². The number of Topliss-reactive ketones (excluding diaryl/α,β-unsaturated/α-hetero) is 2. The van der Waals surface area contributed by atoms with Crippen LogP contribution in [0.3, 0.4) is 0 Å². The Labute approximate surface area is 162 Å². The lowest BCUT2D eigenvalue weighted by molar-refractivity contribution is -0.140. The quantitative estimate of drug-likeness (QED) is 0.616. The number of β-amino-alcohol motifs (C(OH)–C–C–N with tert-alkyl or cyclic N) is 1. The van der Waals surface area contributed by atoms with Gasteiger partial charge in [-0.05, 0) is 26.2 Å². The number of likely N-dealkylation sites (tertiary alicyclic amines) is 1. The molecular weight excluding hydrogens is 348 g/mol. The van der Waals surface area contributed by atoms with Gasteiger partial charge in [0.05, 0.1) is 12.1 Å². The molecule has 1 heterocycles. The topological polar surface area (TPSA) is 95.0 Å². The van der Waals surface area contributed by atoms with Crippen LogP contribution in [0.2, 0.25) is 0 Å². The van der Waals surface area contributed by atoms with Crippen molar-refractivity contribution in [1.29, 1.82) is 0 Å². The van der Waals surface area contributed by atoms with Crippen LogP contribution < -0.4 is 0 Å². The number of likely N-dealkylation sites (N-methyl/N-ethyl adjacent to an activating group) is 1. The van der Waals surface area contributed by atoms with Crippen LogP contribution in [0.25, 0.3) is 0 Å². The number of hydrogen-bond donors (Lipinski definition) is 1. The number of amides is 2. The zero-order valence-corrected chi connectivity index (χ0v) is 17.2. The van der Waals surface area contributed by atoms with Gasteiger partial charge in [-0.25, -0.2) is 0 Å². The summed E-state index contributed by atoms with van der Waals surface area (Å²) in [4.78, 5) is 51.2. The summed E-state index contributed by atoms with van der Waals surface area (Å²) in [6, 6.07) is -0.451. The van der Waals surface area contributed by atoms with Gasteiger partial charge in [0, 0.05) is 51.7 Å². The van der Waals surface area contributed by atoms with Gasteiger partial charge in [0.2, 0.25) is 11.8 Å². The molecular formula is C20H34N2O5. The number of nitrogens with zero attached hydrogens (tertiary/aromatic N) is 2. The van der Waals surface area contributed by atoms with Gasteiger partial charge in [0.25, 0.3) is 0 Å². The van der Waals surface area contributed by atoms with Crippen LogP contribution >= 0.6 is 0 Å². The summed E-state index contributed by atoms with van der Waals surface area (Å²) in [7, 11) is 1.62. The Bertz CT molecular complexity index is 563. The highest BCUT2D eigenvalue weighted by Gasteiger charge is 2.38. The first-order valence-electron chi connectivity index (χ1n) is 9.84. The Morgan fingerprint density at radius 2 is 1.67 bits per heavy atom. The van der Waals surface area contributed by atoms with Crippen molar-refractivity contribution < 1.29 is 24.3 Å². The van der Waals surface area contributed by atoms with E-state index in [1.165, 1.54) is 16.7 Å². The predicted octanol–water partition coefficient (Wildman–Crippen LogP) is 1.42. The highest BCUT2D eigenvalue weighted by molar-refractivity contribution is 5.87. The molecule has 7 nitrogen and oxygen atoms in total. The van der Waals surface area contributed by atoms with Gasteiger partial charge in [-0.15, -0.1) is 0 Å². The average Bonchev–Trinajstić information content (AvgIpc) is 3.00. The number of hydrogen-bond acceptors (Lipinski definition) is 5. The zero-order chi connectivity index (χ0) is 20.7. The monoisotopic (exact) mass is 382 g/mol. The highest BCUT2D eigenvalue weighted by atomic mass is 16.3. The smallest absolute Gasteiger partial charge is 0.226 e. The fourth-order valence-electron chi connectivity index (χ4n) is 3.67. The second-order valence-electron chi connectivity index (χ2n) is 7.61. The van der Waals surface area contributed by atoms with Crippen molar-refractivity contribution in [3.63, 3.8) is 0 Å². The Kier molecular flexibility index (Phi) is 9.09. The molecule has 4 atom stereocenters. The van der Waals surface area contributed by atoms with Crippen LogP contribution in [0, 0.1) is 11.8 Å². The van der Waals surface area contributed by atoms with Crippen LogP contribution in [-0.2, 0) is 19.2 Å². The number of ketones is 2. The van der Waals surface area contributed by atoms with Crippen molar-refractivity contribution >= 4 is 23.4 Å². The SMILES string of the molecule is CCC(CCC(=O)C[C@H](CC)C(=O)N(C)[C@H]1CN(C(C)=O)C[C@@H]1O)C(C)=O. The molecule has 1 N–H and O–H groups in total. The van der Waals surface area contributed by atoms with E-state index >= 15 is 0 Å². The van der Waals surface area contributed by atoms with E-state index in [9.17, 15) is 24.3 Å². The van der Waals surface area contributed by atoms with E-state index in [4.69, 9.17) is 0 Å². The summed E-state index contributed by atoms with van der Waals surface area (Å²) in [5.74, 6) is -0.773. The summed E-state index contributed by atoms with van der Waals surface area (Å²) >= 11 is 0. The maximum Gasteiger partial charge on any atom is 0.226 e. The van der Waals surface area contributed by atoms with Crippen molar-refractivity contribution in [1.82, 2.24) is 9.80 Å². The molecule has 7 heteroatoms. The van der Waals surface area contributed by atoms with Gasteiger partial charge in [-0.1, -0.05) is 13.8 Å². The molecule has 1 saturated heterocycles. The Morgan fingerprint density at radius 1 is 1.07 bits per heavy atom. The molecule has 2 amide bonds. The molecule has 0 bridgehead atoms. The summed E-state index contributed by atoms with van der Waals surface area (Å²) in [5, 5.41) is 10.2. The Morgan fingerprint density at radius 3 is 2.11 bits per heavy atom. The van der Waals surface area contributed by atoms with Gasteiger partial charge in [-0.2, -0.15) is 0 Å². The van der Waals surface area contributed by atoms with Crippen molar-refractivity contribution in [3.05, 3.63) is 0 Å². The first-order valence-corrected chi connectivity index (χ1v) is 9.84. The minimum Gasteiger partial charge on any atom is -0.389 e. The predicted molar refractivity (Wildman–Crippen MR) is 102 cm³/mol. The van der Waals surface area contributed by atoms with Gasteiger partial charge in [-0.3, -0.25) is 19.2 Å². The van der Waals surface area contributed by atoms with Crippen LogP contribution in [-0.4, -0.2) is 70.6 Å². The first-order chi connectivity index (χ1) is 12.6. The van der Waals surface area contributed by atoms with E-state index in [-0.39, 0.29) is 42.3 Å². The van der Waals surface area contributed by atoms with Crippen LogP contribution in [0.1, 0.15) is 59.8 Å². The van der Waals surface area contributed by atoms with E-state index in [0.29, 0.717) is 32.2 Å². The van der Waals surface area contributed by atoms with E-state index in [1.54, 1.807) is 14.0 Å². The second-order valence-corrected chi connectivity index (χ2v) is 7.61. The van der Waals surface area contributed by atoms with Gasteiger partial charge >= 0.3 is 0 Å². The first kappa shape index (κ1) is 23.3. The molecule has 1 rings (SSSR count). The minimum absolute atomic E-state index is 0.0133. The third kappa shape index (κ3) is 6.41. The van der Waals surface area contributed by atoms with E-state index in [2.05, 4.69) is 0 Å². The molecule has 1 aliphatic heterocycles. The number of carbonyl (C=O) groups excluding carboxylic acids is 4. The van der Waals surface area contributed by atoms with Gasteiger partial charge < -0.3 is 14.9 Å². The van der Waals surface area contributed by atoms with Crippen LogP contribution in [0.5, 0.6) is 0 Å². The maximum absolute atomic E-state index is 12.8. The van der Waals surface area contributed by atoms with Crippen molar-refractivity contribution in [2.75, 3.05) is 20.1 Å². The molecule has 0 aromatic heterocycles. The fourth-order valence-corrected chi connectivity index (χ4v) is 3.67. The largest absolute Gasteiger partial charge is 0.389 e. The summed E-state index contributed by atoms with van der Waals surface area (Å²) in [5.41, 5.74) is 0. The number of carbonyl (C=O) groups is 4. The van der Waals surface area contributed by atoms with Crippen molar-refractivity contribution in [3.8, 4) is 0 Å². The summed E-state index contributed by atoms with van der Waals surface area (Å²) in [6.07, 6.45) is 1.44. The van der Waals surface area contributed by atoms with E-state index in [0.717, 1.165) is 0 Å². The zero-order valence-electron chi connectivity index (χ0n) is 17.2. The summed E-state index contributed by atoms with van der Waals surface area (Å²) < 4.78 is 0. The van der Waals surface area contributed by atoms with E-state index < -0.39 is 18.1 Å². The number of aliphatic hydroxyl groups excluding tert-OH is 1. The number of aliphatic hydroxyl groups is 1. The van der Waals surface area contributed by atoms with Gasteiger partial charge in [0.1, 0.15) is 11.6 Å². The molecule has 0 radical (unpaired) electrons. The maximum atomic E-state index is 12.8.